The van der Waals surface area contributed by atoms with Crippen LogP contribution in [0.2, 0.25) is 0 Å². The van der Waals surface area contributed by atoms with Crippen molar-refractivity contribution in [2.75, 3.05) is 13.2 Å². The molecular formula is C8H13NO2. The minimum absolute atomic E-state index is 0.0963. The number of cyclic esters (lactones) is 1. The van der Waals surface area contributed by atoms with Gasteiger partial charge in [0.2, 0.25) is 0 Å². The number of hydrogen-bond donors (Lipinski definition) is 0. The Hall–Kier alpha value is -0.730. The topological polar surface area (TPSA) is 29.5 Å². The molecule has 0 N–H and O–H groups in total. The van der Waals surface area contributed by atoms with Crippen LogP contribution in [-0.2, 0) is 4.74 Å². The molecule has 2 fully saturated rings. The summed E-state index contributed by atoms with van der Waals surface area (Å²) < 4.78 is 4.93. The van der Waals surface area contributed by atoms with Crippen LogP contribution >= 0.6 is 0 Å². The minimum Gasteiger partial charge on any atom is -0.449 e. The van der Waals surface area contributed by atoms with E-state index >= 15 is 0 Å². The van der Waals surface area contributed by atoms with Gasteiger partial charge in [-0.25, -0.2) is 4.79 Å². The number of amides is 1. The van der Waals surface area contributed by atoms with Crippen LogP contribution in [0.3, 0.4) is 0 Å². The molecule has 11 heavy (non-hydrogen) atoms. The van der Waals surface area contributed by atoms with Crippen molar-refractivity contribution >= 4 is 6.09 Å². The first kappa shape index (κ1) is 6.95. The average Bonchev–Trinajstić information content (AvgIpc) is 2.06. The van der Waals surface area contributed by atoms with E-state index in [0.717, 1.165) is 19.4 Å². The number of rotatable bonds is 0. The van der Waals surface area contributed by atoms with Gasteiger partial charge in [0.15, 0.2) is 0 Å². The van der Waals surface area contributed by atoms with Crippen LogP contribution in [0, 0.1) is 0 Å². The molecule has 62 valence electrons. The maximum absolute atomic E-state index is 11.1. The van der Waals surface area contributed by atoms with Crippen LogP contribution in [0.4, 0.5) is 4.79 Å². The van der Waals surface area contributed by atoms with Gasteiger partial charge >= 0.3 is 6.09 Å². The average molecular weight is 155 g/mol. The zero-order valence-corrected chi connectivity index (χ0v) is 6.58. The standard InChI is InChI=1S/C8H13NO2/c10-8-9-5-2-1-3-7(9)4-6-11-8/h7H,1-6H2/t7-/m0/s1. The first-order valence-corrected chi connectivity index (χ1v) is 4.31. The summed E-state index contributed by atoms with van der Waals surface area (Å²) in [5.41, 5.74) is 0. The lowest BCUT2D eigenvalue weighted by Gasteiger charge is -2.38. The summed E-state index contributed by atoms with van der Waals surface area (Å²) in [5, 5.41) is 0. The third-order valence-electron chi connectivity index (χ3n) is 2.54. The summed E-state index contributed by atoms with van der Waals surface area (Å²) in [6.45, 7) is 1.53. The summed E-state index contributed by atoms with van der Waals surface area (Å²) >= 11 is 0. The summed E-state index contributed by atoms with van der Waals surface area (Å²) in [5.74, 6) is 0. The van der Waals surface area contributed by atoms with E-state index in [4.69, 9.17) is 4.74 Å². The Bertz CT molecular complexity index is 167. The van der Waals surface area contributed by atoms with Crippen LogP contribution in [0.1, 0.15) is 25.7 Å². The van der Waals surface area contributed by atoms with Crippen molar-refractivity contribution in [1.29, 1.82) is 0 Å². The molecule has 0 saturated carbocycles. The van der Waals surface area contributed by atoms with Gasteiger partial charge in [-0.1, -0.05) is 0 Å². The van der Waals surface area contributed by atoms with Crippen molar-refractivity contribution in [1.82, 2.24) is 4.90 Å². The molecule has 0 bridgehead atoms. The summed E-state index contributed by atoms with van der Waals surface area (Å²) in [4.78, 5) is 13.0. The van der Waals surface area contributed by atoms with Crippen LogP contribution in [0.5, 0.6) is 0 Å². The molecule has 2 rings (SSSR count). The summed E-state index contributed by atoms with van der Waals surface area (Å²) in [7, 11) is 0. The second-order valence-electron chi connectivity index (χ2n) is 3.25. The zero-order valence-electron chi connectivity index (χ0n) is 6.58. The fraction of sp³-hybridized carbons (Fsp3) is 0.875. The van der Waals surface area contributed by atoms with Crippen molar-refractivity contribution in [2.24, 2.45) is 0 Å². The SMILES string of the molecule is O=C1OCC[C@@H]2CCCCN12. The van der Waals surface area contributed by atoms with Crippen molar-refractivity contribution in [2.45, 2.75) is 31.7 Å². The second kappa shape index (κ2) is 2.72. The van der Waals surface area contributed by atoms with Crippen molar-refractivity contribution in [3.05, 3.63) is 0 Å². The number of fused-ring (bicyclic) bond motifs is 1. The molecule has 1 amide bonds. The summed E-state index contributed by atoms with van der Waals surface area (Å²) in [6, 6.07) is 0.491. The Morgan fingerprint density at radius 2 is 2.27 bits per heavy atom. The highest BCUT2D eigenvalue weighted by atomic mass is 16.6. The molecule has 3 heteroatoms. The molecule has 2 aliphatic rings. The lowest BCUT2D eigenvalue weighted by Crippen LogP contribution is -2.48. The van der Waals surface area contributed by atoms with Crippen molar-refractivity contribution in [3.63, 3.8) is 0 Å². The lowest BCUT2D eigenvalue weighted by molar-refractivity contribution is 0.0301. The van der Waals surface area contributed by atoms with Gasteiger partial charge in [0.05, 0.1) is 6.61 Å². The van der Waals surface area contributed by atoms with Gasteiger partial charge in [-0.2, -0.15) is 0 Å². The molecule has 0 aromatic rings. The molecule has 0 aromatic carbocycles. The fourth-order valence-corrected chi connectivity index (χ4v) is 1.91. The number of nitrogens with zero attached hydrogens (tertiary/aromatic N) is 1. The van der Waals surface area contributed by atoms with Crippen LogP contribution < -0.4 is 0 Å². The quantitative estimate of drug-likeness (QED) is 0.529. The predicted octanol–water partition coefficient (Wildman–Crippen LogP) is 1.38. The van der Waals surface area contributed by atoms with E-state index in [1.165, 1.54) is 12.8 Å². The predicted molar refractivity (Wildman–Crippen MR) is 40.3 cm³/mol. The third-order valence-corrected chi connectivity index (χ3v) is 2.54. The molecule has 2 heterocycles. The Morgan fingerprint density at radius 1 is 1.36 bits per heavy atom. The lowest BCUT2D eigenvalue weighted by atomic mass is 9.99. The molecule has 3 nitrogen and oxygen atoms in total. The van der Waals surface area contributed by atoms with Gasteiger partial charge in [-0.05, 0) is 19.3 Å². The highest BCUT2D eigenvalue weighted by Crippen LogP contribution is 2.23. The Kier molecular flexibility index (Phi) is 1.72. The molecule has 0 radical (unpaired) electrons. The number of carbonyl (C=O) groups is 1. The van der Waals surface area contributed by atoms with E-state index in [9.17, 15) is 4.79 Å². The van der Waals surface area contributed by atoms with Crippen LogP contribution in [-0.4, -0.2) is 30.2 Å². The van der Waals surface area contributed by atoms with E-state index in [2.05, 4.69) is 0 Å². The first-order valence-electron chi connectivity index (χ1n) is 4.31. The third kappa shape index (κ3) is 1.19. The van der Waals surface area contributed by atoms with Crippen molar-refractivity contribution in [3.8, 4) is 0 Å². The molecule has 0 unspecified atom stereocenters. The van der Waals surface area contributed by atoms with Crippen molar-refractivity contribution < 1.29 is 9.53 Å². The normalized spacial score (nSPS) is 31.1. The number of piperidine rings is 1. The van der Waals surface area contributed by atoms with E-state index in [-0.39, 0.29) is 6.09 Å². The highest BCUT2D eigenvalue weighted by Gasteiger charge is 2.30. The van der Waals surface area contributed by atoms with Gasteiger partial charge in [-0.15, -0.1) is 0 Å². The Labute approximate surface area is 66.3 Å². The maximum Gasteiger partial charge on any atom is 0.410 e. The smallest absolute Gasteiger partial charge is 0.410 e. The Balaban J connectivity index is 2.05. The number of ether oxygens (including phenoxy) is 1. The highest BCUT2D eigenvalue weighted by molar-refractivity contribution is 5.68. The van der Waals surface area contributed by atoms with Crippen LogP contribution in [0.15, 0.2) is 0 Å². The van der Waals surface area contributed by atoms with E-state index in [0.29, 0.717) is 12.6 Å². The fourth-order valence-electron chi connectivity index (χ4n) is 1.91. The molecule has 0 spiro atoms. The van der Waals surface area contributed by atoms with Crippen LogP contribution in [0.25, 0.3) is 0 Å². The minimum atomic E-state index is -0.0963. The zero-order chi connectivity index (χ0) is 7.68. The van der Waals surface area contributed by atoms with Gasteiger partial charge in [0.1, 0.15) is 0 Å². The Morgan fingerprint density at radius 3 is 3.09 bits per heavy atom. The molecule has 0 aliphatic carbocycles. The molecule has 2 saturated heterocycles. The molecule has 2 aliphatic heterocycles. The van der Waals surface area contributed by atoms with E-state index in [1.807, 2.05) is 4.90 Å². The summed E-state index contributed by atoms with van der Waals surface area (Å²) in [6.07, 6.45) is 4.53. The van der Waals surface area contributed by atoms with E-state index < -0.39 is 0 Å². The molecular weight excluding hydrogens is 142 g/mol. The van der Waals surface area contributed by atoms with Gasteiger partial charge in [0, 0.05) is 19.0 Å². The maximum atomic E-state index is 11.1. The van der Waals surface area contributed by atoms with Gasteiger partial charge in [-0.3, -0.25) is 0 Å². The largest absolute Gasteiger partial charge is 0.449 e. The first-order chi connectivity index (χ1) is 5.38. The van der Waals surface area contributed by atoms with Gasteiger partial charge in [0.25, 0.3) is 0 Å². The van der Waals surface area contributed by atoms with E-state index in [1.54, 1.807) is 0 Å². The van der Waals surface area contributed by atoms with Gasteiger partial charge < -0.3 is 9.64 Å². The molecule has 0 aromatic heterocycles. The number of hydrogen-bond acceptors (Lipinski definition) is 2. The second-order valence-corrected chi connectivity index (χ2v) is 3.25. The monoisotopic (exact) mass is 155 g/mol. The molecule has 1 atom stereocenters. The number of carbonyl (C=O) groups excluding carboxylic acids is 1.